The Morgan fingerprint density at radius 1 is 1.38 bits per heavy atom. The first-order valence-corrected chi connectivity index (χ1v) is 6.14. The third kappa shape index (κ3) is 2.24. The molecule has 1 aromatic carbocycles. The molecule has 1 heterocycles. The highest BCUT2D eigenvalue weighted by atomic mass is 35.5. The Hall–Kier alpha value is -0.570. The number of hydrogen-bond acceptors (Lipinski definition) is 2. The zero-order valence-electron chi connectivity index (χ0n) is 9.70. The summed E-state index contributed by atoms with van der Waals surface area (Å²) in [6.07, 6.45) is 0.812. The number of benzene rings is 1. The molecule has 0 N–H and O–H groups in total. The van der Waals surface area contributed by atoms with Gasteiger partial charge in [0.1, 0.15) is 0 Å². The summed E-state index contributed by atoms with van der Waals surface area (Å²) in [6, 6.07) is 8.25. The lowest BCUT2D eigenvalue weighted by molar-refractivity contribution is -0.176. The van der Waals surface area contributed by atoms with Crippen molar-refractivity contribution in [3.05, 3.63) is 35.4 Å². The second-order valence-corrected chi connectivity index (χ2v) is 4.68. The number of hydrogen-bond donors (Lipinski definition) is 0. The zero-order valence-corrected chi connectivity index (χ0v) is 10.5. The van der Waals surface area contributed by atoms with E-state index in [1.807, 2.05) is 6.92 Å². The van der Waals surface area contributed by atoms with Crippen LogP contribution in [0.15, 0.2) is 24.3 Å². The van der Waals surface area contributed by atoms with E-state index in [0.717, 1.165) is 5.56 Å². The van der Waals surface area contributed by atoms with Crippen LogP contribution in [0.1, 0.15) is 24.5 Å². The Labute approximate surface area is 102 Å². The average Bonchev–Trinajstić information content (AvgIpc) is 2.63. The first-order chi connectivity index (χ1) is 7.66. The van der Waals surface area contributed by atoms with Gasteiger partial charge in [-0.05, 0) is 13.8 Å². The number of rotatable bonds is 3. The lowest BCUT2D eigenvalue weighted by atomic mass is 10.0. The second kappa shape index (κ2) is 4.74. The summed E-state index contributed by atoms with van der Waals surface area (Å²) in [5, 5.41) is 0. The molecule has 0 aliphatic carbocycles. The highest BCUT2D eigenvalue weighted by Gasteiger charge is 2.40. The van der Waals surface area contributed by atoms with E-state index in [1.165, 1.54) is 5.56 Å². The van der Waals surface area contributed by atoms with Crippen molar-refractivity contribution < 1.29 is 9.47 Å². The molecule has 2 nitrogen and oxygen atoms in total. The fraction of sp³-hybridized carbons (Fsp3) is 0.538. The van der Waals surface area contributed by atoms with Gasteiger partial charge in [-0.3, -0.25) is 0 Å². The van der Waals surface area contributed by atoms with Gasteiger partial charge < -0.3 is 9.47 Å². The zero-order chi connectivity index (χ0) is 11.6. The maximum atomic E-state index is 5.91. The van der Waals surface area contributed by atoms with Gasteiger partial charge in [-0.2, -0.15) is 0 Å². The van der Waals surface area contributed by atoms with E-state index in [2.05, 4.69) is 31.2 Å². The van der Waals surface area contributed by atoms with Crippen molar-refractivity contribution in [1.29, 1.82) is 0 Å². The molecule has 0 saturated carbocycles. The summed E-state index contributed by atoms with van der Waals surface area (Å²) < 4.78 is 11.7. The number of aryl methyl sites for hydroxylation is 1. The fourth-order valence-electron chi connectivity index (χ4n) is 2.00. The monoisotopic (exact) mass is 240 g/mol. The number of ether oxygens (including phenoxy) is 2. The molecule has 2 unspecified atom stereocenters. The smallest absolute Gasteiger partial charge is 0.196 e. The van der Waals surface area contributed by atoms with Crippen LogP contribution >= 0.6 is 11.6 Å². The van der Waals surface area contributed by atoms with E-state index < -0.39 is 5.79 Å². The summed E-state index contributed by atoms with van der Waals surface area (Å²) in [7, 11) is 0. The molecule has 0 bridgehead atoms. The van der Waals surface area contributed by atoms with Gasteiger partial charge in [-0.25, -0.2) is 0 Å². The normalized spacial score (nSPS) is 29.6. The third-order valence-electron chi connectivity index (χ3n) is 2.86. The molecule has 1 aliphatic heterocycles. The molecule has 16 heavy (non-hydrogen) atoms. The van der Waals surface area contributed by atoms with Crippen molar-refractivity contribution in [3.63, 3.8) is 0 Å². The van der Waals surface area contributed by atoms with Gasteiger partial charge in [0.25, 0.3) is 0 Å². The van der Waals surface area contributed by atoms with E-state index in [4.69, 9.17) is 21.1 Å². The minimum absolute atomic E-state index is 0.129. The summed E-state index contributed by atoms with van der Waals surface area (Å²) in [4.78, 5) is 0. The third-order valence-corrected chi connectivity index (χ3v) is 3.05. The van der Waals surface area contributed by atoms with Gasteiger partial charge >= 0.3 is 0 Å². The van der Waals surface area contributed by atoms with E-state index in [-0.39, 0.29) is 6.10 Å². The van der Waals surface area contributed by atoms with Gasteiger partial charge in [-0.1, -0.05) is 29.8 Å². The largest absolute Gasteiger partial charge is 0.343 e. The minimum Gasteiger partial charge on any atom is -0.343 e. The maximum absolute atomic E-state index is 5.91. The van der Waals surface area contributed by atoms with Crippen molar-refractivity contribution in [2.75, 3.05) is 12.5 Å². The van der Waals surface area contributed by atoms with Crippen LogP contribution in [0.3, 0.4) is 0 Å². The SMILES string of the molecule is Cc1ccc(C2(CCCl)OCC(C)O2)cc1. The average molecular weight is 241 g/mol. The van der Waals surface area contributed by atoms with Crippen LogP contribution in [0.25, 0.3) is 0 Å². The predicted octanol–water partition coefficient (Wildman–Crippen LogP) is 3.21. The lowest BCUT2D eigenvalue weighted by Gasteiger charge is -2.27. The van der Waals surface area contributed by atoms with Gasteiger partial charge in [0.05, 0.1) is 12.7 Å². The summed E-state index contributed by atoms with van der Waals surface area (Å²) in [6.45, 7) is 4.71. The molecular weight excluding hydrogens is 224 g/mol. The van der Waals surface area contributed by atoms with Gasteiger partial charge in [0.2, 0.25) is 0 Å². The van der Waals surface area contributed by atoms with E-state index in [9.17, 15) is 0 Å². The molecular formula is C13H17ClO2. The van der Waals surface area contributed by atoms with Crippen molar-refractivity contribution >= 4 is 11.6 Å². The highest BCUT2D eigenvalue weighted by Crippen LogP contribution is 2.37. The van der Waals surface area contributed by atoms with Crippen LogP contribution in [0.2, 0.25) is 0 Å². The molecule has 2 rings (SSSR count). The molecule has 1 saturated heterocycles. The summed E-state index contributed by atoms with van der Waals surface area (Å²) >= 11 is 5.84. The van der Waals surface area contributed by atoms with E-state index in [0.29, 0.717) is 18.9 Å². The summed E-state index contributed by atoms with van der Waals surface area (Å²) in [5.74, 6) is -0.102. The number of alkyl halides is 1. The van der Waals surface area contributed by atoms with E-state index in [1.54, 1.807) is 0 Å². The molecule has 1 aromatic rings. The Morgan fingerprint density at radius 3 is 2.56 bits per heavy atom. The Balaban J connectivity index is 2.28. The number of halogens is 1. The van der Waals surface area contributed by atoms with Crippen LogP contribution in [-0.4, -0.2) is 18.6 Å². The van der Waals surface area contributed by atoms with Crippen molar-refractivity contribution in [2.24, 2.45) is 0 Å². The van der Waals surface area contributed by atoms with Crippen LogP contribution in [-0.2, 0) is 15.3 Å². The molecule has 2 atom stereocenters. The molecule has 0 spiro atoms. The van der Waals surface area contributed by atoms with Crippen molar-refractivity contribution in [1.82, 2.24) is 0 Å². The molecule has 3 heteroatoms. The van der Waals surface area contributed by atoms with Crippen LogP contribution < -0.4 is 0 Å². The van der Waals surface area contributed by atoms with Gasteiger partial charge in [0.15, 0.2) is 5.79 Å². The second-order valence-electron chi connectivity index (χ2n) is 4.30. The molecule has 88 valence electrons. The Kier molecular flexibility index (Phi) is 3.53. The topological polar surface area (TPSA) is 18.5 Å². The Morgan fingerprint density at radius 2 is 2.06 bits per heavy atom. The quantitative estimate of drug-likeness (QED) is 0.756. The first kappa shape index (κ1) is 11.9. The summed E-state index contributed by atoms with van der Waals surface area (Å²) in [5.41, 5.74) is 2.29. The van der Waals surface area contributed by atoms with Crippen molar-refractivity contribution in [3.8, 4) is 0 Å². The lowest BCUT2D eigenvalue weighted by Crippen LogP contribution is -2.28. The fourth-order valence-corrected chi connectivity index (χ4v) is 2.25. The maximum Gasteiger partial charge on any atom is 0.196 e. The highest BCUT2D eigenvalue weighted by molar-refractivity contribution is 6.17. The standard InChI is InChI=1S/C13H17ClO2/c1-10-3-5-12(6-4-10)13(7-8-14)15-9-11(2)16-13/h3-6,11H,7-9H2,1-2H3. The first-order valence-electron chi connectivity index (χ1n) is 5.61. The molecule has 1 aliphatic rings. The Bertz CT molecular complexity index is 345. The molecule has 1 fully saturated rings. The van der Waals surface area contributed by atoms with Crippen LogP contribution in [0, 0.1) is 6.92 Å². The minimum atomic E-state index is -0.630. The van der Waals surface area contributed by atoms with E-state index >= 15 is 0 Å². The van der Waals surface area contributed by atoms with Crippen LogP contribution in [0.5, 0.6) is 0 Å². The molecule has 0 aromatic heterocycles. The van der Waals surface area contributed by atoms with Gasteiger partial charge in [0, 0.05) is 17.9 Å². The molecule has 0 amide bonds. The van der Waals surface area contributed by atoms with Crippen LogP contribution in [0.4, 0.5) is 0 Å². The molecule has 0 radical (unpaired) electrons. The predicted molar refractivity (Wildman–Crippen MR) is 64.7 cm³/mol. The van der Waals surface area contributed by atoms with Gasteiger partial charge in [-0.15, -0.1) is 11.6 Å². The van der Waals surface area contributed by atoms with Crippen molar-refractivity contribution in [2.45, 2.75) is 32.2 Å².